The SMILES string of the molecule is N[C@H]1CCN(C(=O)O)C[C@H]1OCc1ccccc1. The molecule has 1 aromatic rings. The van der Waals surface area contributed by atoms with Gasteiger partial charge in [-0.2, -0.15) is 0 Å². The number of benzene rings is 1. The van der Waals surface area contributed by atoms with Gasteiger partial charge in [-0.15, -0.1) is 0 Å². The Morgan fingerprint density at radius 1 is 1.44 bits per heavy atom. The Labute approximate surface area is 106 Å². The molecule has 2 rings (SSSR count). The van der Waals surface area contributed by atoms with Gasteiger partial charge >= 0.3 is 6.09 Å². The minimum Gasteiger partial charge on any atom is -0.465 e. The quantitative estimate of drug-likeness (QED) is 0.847. The maximum absolute atomic E-state index is 10.9. The predicted octanol–water partition coefficient (Wildman–Crippen LogP) is 1.28. The third-order valence-electron chi connectivity index (χ3n) is 3.19. The van der Waals surface area contributed by atoms with Crippen LogP contribution in [0.1, 0.15) is 12.0 Å². The minimum atomic E-state index is -0.907. The van der Waals surface area contributed by atoms with Crippen LogP contribution >= 0.6 is 0 Å². The van der Waals surface area contributed by atoms with Crippen molar-refractivity contribution in [1.29, 1.82) is 0 Å². The first-order chi connectivity index (χ1) is 8.66. The van der Waals surface area contributed by atoms with Gasteiger partial charge in [-0.05, 0) is 12.0 Å². The van der Waals surface area contributed by atoms with Crippen LogP contribution in [0.2, 0.25) is 0 Å². The van der Waals surface area contributed by atoms with E-state index in [0.717, 1.165) is 5.56 Å². The maximum Gasteiger partial charge on any atom is 0.407 e. The first-order valence-electron chi connectivity index (χ1n) is 6.06. The van der Waals surface area contributed by atoms with E-state index in [-0.39, 0.29) is 12.1 Å². The van der Waals surface area contributed by atoms with E-state index in [0.29, 0.717) is 26.1 Å². The minimum absolute atomic E-state index is 0.0932. The van der Waals surface area contributed by atoms with Crippen LogP contribution in [0.5, 0.6) is 0 Å². The number of ether oxygens (including phenoxy) is 1. The third-order valence-corrected chi connectivity index (χ3v) is 3.19. The molecular formula is C13H18N2O3. The average molecular weight is 250 g/mol. The number of amides is 1. The summed E-state index contributed by atoms with van der Waals surface area (Å²) in [6.07, 6.45) is -0.489. The molecule has 0 unspecified atom stereocenters. The summed E-state index contributed by atoms with van der Waals surface area (Å²) in [5, 5.41) is 8.96. The molecule has 1 amide bonds. The highest BCUT2D eigenvalue weighted by Gasteiger charge is 2.29. The lowest BCUT2D eigenvalue weighted by atomic mass is 10.0. The first kappa shape index (κ1) is 12.9. The molecule has 5 nitrogen and oxygen atoms in total. The van der Waals surface area contributed by atoms with E-state index < -0.39 is 6.09 Å². The van der Waals surface area contributed by atoms with Gasteiger partial charge in [-0.3, -0.25) is 0 Å². The summed E-state index contributed by atoms with van der Waals surface area (Å²) >= 11 is 0. The van der Waals surface area contributed by atoms with E-state index in [1.807, 2.05) is 30.3 Å². The summed E-state index contributed by atoms with van der Waals surface area (Å²) in [4.78, 5) is 12.3. The molecule has 0 radical (unpaired) electrons. The molecule has 3 N–H and O–H groups in total. The predicted molar refractivity (Wildman–Crippen MR) is 67.2 cm³/mol. The van der Waals surface area contributed by atoms with Crippen LogP contribution in [0.15, 0.2) is 30.3 Å². The van der Waals surface area contributed by atoms with Crippen molar-refractivity contribution < 1.29 is 14.6 Å². The second kappa shape index (κ2) is 5.84. The number of piperidine rings is 1. The normalized spacial score (nSPS) is 23.9. The molecule has 1 aliphatic rings. The number of likely N-dealkylation sites (tertiary alicyclic amines) is 1. The Bertz CT molecular complexity index is 396. The highest BCUT2D eigenvalue weighted by molar-refractivity contribution is 5.65. The van der Waals surface area contributed by atoms with E-state index in [9.17, 15) is 4.79 Å². The molecule has 1 fully saturated rings. The van der Waals surface area contributed by atoms with Crippen molar-refractivity contribution in [2.45, 2.75) is 25.2 Å². The van der Waals surface area contributed by atoms with Crippen LogP contribution in [-0.4, -0.2) is 41.3 Å². The van der Waals surface area contributed by atoms with Crippen LogP contribution in [0.4, 0.5) is 4.79 Å². The topological polar surface area (TPSA) is 75.8 Å². The summed E-state index contributed by atoms with van der Waals surface area (Å²) in [5.41, 5.74) is 7.03. The Morgan fingerprint density at radius 2 is 2.17 bits per heavy atom. The first-order valence-corrected chi connectivity index (χ1v) is 6.06. The van der Waals surface area contributed by atoms with Crippen LogP contribution in [0.3, 0.4) is 0 Å². The monoisotopic (exact) mass is 250 g/mol. The zero-order chi connectivity index (χ0) is 13.0. The lowest BCUT2D eigenvalue weighted by molar-refractivity contribution is -0.0178. The number of nitrogens with zero attached hydrogens (tertiary/aromatic N) is 1. The molecular weight excluding hydrogens is 232 g/mol. The van der Waals surface area contributed by atoms with Gasteiger partial charge < -0.3 is 20.5 Å². The van der Waals surface area contributed by atoms with Gasteiger partial charge in [0.05, 0.1) is 19.3 Å². The van der Waals surface area contributed by atoms with Crippen molar-refractivity contribution in [3.63, 3.8) is 0 Å². The number of carbonyl (C=O) groups is 1. The van der Waals surface area contributed by atoms with Gasteiger partial charge in [0.25, 0.3) is 0 Å². The van der Waals surface area contributed by atoms with Gasteiger partial charge in [0.2, 0.25) is 0 Å². The third kappa shape index (κ3) is 3.21. The second-order valence-corrected chi connectivity index (χ2v) is 4.52. The van der Waals surface area contributed by atoms with E-state index >= 15 is 0 Å². The van der Waals surface area contributed by atoms with Crippen molar-refractivity contribution >= 4 is 6.09 Å². The fourth-order valence-corrected chi connectivity index (χ4v) is 2.06. The molecule has 5 heteroatoms. The highest BCUT2D eigenvalue weighted by Crippen LogP contribution is 2.14. The number of hydrogen-bond donors (Lipinski definition) is 2. The van der Waals surface area contributed by atoms with Gasteiger partial charge in [-0.1, -0.05) is 30.3 Å². The van der Waals surface area contributed by atoms with Crippen LogP contribution in [0, 0.1) is 0 Å². The molecule has 0 aliphatic carbocycles. The molecule has 98 valence electrons. The molecule has 0 saturated carbocycles. The Hall–Kier alpha value is -1.59. The summed E-state index contributed by atoms with van der Waals surface area (Å²) < 4.78 is 5.73. The van der Waals surface area contributed by atoms with Gasteiger partial charge in [0, 0.05) is 12.6 Å². The van der Waals surface area contributed by atoms with Crippen molar-refractivity contribution in [2.24, 2.45) is 5.73 Å². The van der Waals surface area contributed by atoms with Crippen molar-refractivity contribution in [3.8, 4) is 0 Å². The van der Waals surface area contributed by atoms with Crippen LogP contribution < -0.4 is 5.73 Å². The van der Waals surface area contributed by atoms with E-state index in [1.54, 1.807) is 0 Å². The van der Waals surface area contributed by atoms with Gasteiger partial charge in [0.15, 0.2) is 0 Å². The largest absolute Gasteiger partial charge is 0.465 e. The Kier molecular flexibility index (Phi) is 4.17. The number of rotatable bonds is 3. The molecule has 0 aromatic heterocycles. The number of hydrogen-bond acceptors (Lipinski definition) is 3. The fraction of sp³-hybridized carbons (Fsp3) is 0.462. The summed E-state index contributed by atoms with van der Waals surface area (Å²) in [5.74, 6) is 0. The van der Waals surface area contributed by atoms with Crippen molar-refractivity contribution in [1.82, 2.24) is 4.90 Å². The number of nitrogens with two attached hydrogens (primary N) is 1. The summed E-state index contributed by atoms with van der Waals surface area (Å²) in [6.45, 7) is 1.30. The van der Waals surface area contributed by atoms with Crippen LogP contribution in [-0.2, 0) is 11.3 Å². The molecule has 1 saturated heterocycles. The zero-order valence-corrected chi connectivity index (χ0v) is 10.2. The molecule has 1 aliphatic heterocycles. The van der Waals surface area contributed by atoms with Gasteiger partial charge in [-0.25, -0.2) is 4.79 Å². The van der Waals surface area contributed by atoms with Crippen LogP contribution in [0.25, 0.3) is 0 Å². The zero-order valence-electron chi connectivity index (χ0n) is 10.2. The summed E-state index contributed by atoms with van der Waals surface area (Å²) in [7, 11) is 0. The van der Waals surface area contributed by atoms with E-state index in [2.05, 4.69) is 0 Å². The van der Waals surface area contributed by atoms with Gasteiger partial charge in [0.1, 0.15) is 0 Å². The van der Waals surface area contributed by atoms with E-state index in [4.69, 9.17) is 15.6 Å². The molecule has 18 heavy (non-hydrogen) atoms. The molecule has 0 spiro atoms. The Morgan fingerprint density at radius 3 is 2.83 bits per heavy atom. The highest BCUT2D eigenvalue weighted by atomic mass is 16.5. The molecule has 1 aromatic carbocycles. The smallest absolute Gasteiger partial charge is 0.407 e. The average Bonchev–Trinajstić information content (AvgIpc) is 2.38. The van der Waals surface area contributed by atoms with Crippen molar-refractivity contribution in [2.75, 3.05) is 13.1 Å². The lowest BCUT2D eigenvalue weighted by Crippen LogP contribution is -2.53. The molecule has 0 bridgehead atoms. The van der Waals surface area contributed by atoms with Crippen molar-refractivity contribution in [3.05, 3.63) is 35.9 Å². The standard InChI is InChI=1S/C13H18N2O3/c14-11-6-7-15(13(16)17)8-12(11)18-9-10-4-2-1-3-5-10/h1-5,11-12H,6-9,14H2,(H,16,17)/t11-,12+/m0/s1. The fourth-order valence-electron chi connectivity index (χ4n) is 2.06. The maximum atomic E-state index is 10.9. The molecule has 2 atom stereocenters. The Balaban J connectivity index is 1.89. The lowest BCUT2D eigenvalue weighted by Gasteiger charge is -2.35. The van der Waals surface area contributed by atoms with E-state index in [1.165, 1.54) is 4.90 Å². The summed E-state index contributed by atoms with van der Waals surface area (Å²) in [6, 6.07) is 9.70. The number of carboxylic acid groups (broad SMARTS) is 1. The molecule has 1 heterocycles. The second-order valence-electron chi connectivity index (χ2n) is 4.52.